The van der Waals surface area contributed by atoms with Gasteiger partial charge in [0.2, 0.25) is 0 Å². The van der Waals surface area contributed by atoms with Crippen LogP contribution in [0.5, 0.6) is 5.75 Å². The smallest absolute Gasteiger partial charge is 0.254 e. The number of methoxy groups -OCH3 is 1. The fourth-order valence-corrected chi connectivity index (χ4v) is 5.38. The van der Waals surface area contributed by atoms with Gasteiger partial charge in [0.15, 0.2) is 0 Å². The van der Waals surface area contributed by atoms with Gasteiger partial charge in [-0.25, -0.2) is 4.98 Å². The summed E-state index contributed by atoms with van der Waals surface area (Å²) in [5, 5.41) is 2.97. The molecular formula is C26H24BrN3O2S. The first-order valence-corrected chi connectivity index (χ1v) is 12.6. The first-order valence-electron chi connectivity index (χ1n) is 10.9. The molecule has 33 heavy (non-hydrogen) atoms. The molecule has 0 spiro atoms. The molecule has 2 aromatic carbocycles. The summed E-state index contributed by atoms with van der Waals surface area (Å²) in [4.78, 5) is 24.3. The Hall–Kier alpha value is -2.74. The molecule has 1 fully saturated rings. The SMILES string of the molecule is COc1ccccc1-c1cc(C(=O)N2CCN(Cc3cccs3)CC2)c2cc(Br)ccc2n1. The van der Waals surface area contributed by atoms with E-state index >= 15 is 0 Å². The molecule has 1 saturated heterocycles. The molecule has 2 aromatic heterocycles. The lowest BCUT2D eigenvalue weighted by molar-refractivity contribution is 0.0631. The summed E-state index contributed by atoms with van der Waals surface area (Å²) in [6.07, 6.45) is 0. The molecule has 7 heteroatoms. The number of amides is 1. The number of hydrogen-bond donors (Lipinski definition) is 0. The van der Waals surface area contributed by atoms with E-state index in [-0.39, 0.29) is 5.91 Å². The quantitative estimate of drug-likeness (QED) is 0.338. The van der Waals surface area contributed by atoms with E-state index in [1.54, 1.807) is 18.4 Å². The molecular weight excluding hydrogens is 498 g/mol. The molecule has 168 valence electrons. The van der Waals surface area contributed by atoms with Crippen molar-refractivity contribution in [3.05, 3.63) is 81.0 Å². The van der Waals surface area contributed by atoms with Crippen LogP contribution < -0.4 is 4.74 Å². The number of carbonyl (C=O) groups is 1. The average molecular weight is 522 g/mol. The van der Waals surface area contributed by atoms with Crippen molar-refractivity contribution in [2.75, 3.05) is 33.3 Å². The van der Waals surface area contributed by atoms with Gasteiger partial charge in [0.25, 0.3) is 5.91 Å². The first kappa shape index (κ1) is 22.1. The first-order chi connectivity index (χ1) is 16.1. The molecule has 0 bridgehead atoms. The van der Waals surface area contributed by atoms with E-state index in [4.69, 9.17) is 9.72 Å². The molecule has 0 radical (unpaired) electrons. The van der Waals surface area contributed by atoms with Crippen LogP contribution in [0.3, 0.4) is 0 Å². The number of rotatable bonds is 5. The van der Waals surface area contributed by atoms with Crippen molar-refractivity contribution in [3.8, 4) is 17.0 Å². The van der Waals surface area contributed by atoms with Gasteiger partial charge < -0.3 is 9.64 Å². The van der Waals surface area contributed by atoms with Crippen LogP contribution in [0.4, 0.5) is 0 Å². The third-order valence-electron chi connectivity index (χ3n) is 6.00. The molecule has 1 aliphatic heterocycles. The predicted octanol–water partition coefficient (Wildman–Crippen LogP) is 5.69. The highest BCUT2D eigenvalue weighted by Gasteiger charge is 2.25. The summed E-state index contributed by atoms with van der Waals surface area (Å²) in [6, 6.07) is 19.8. The van der Waals surface area contributed by atoms with Gasteiger partial charge in [-0.1, -0.05) is 34.1 Å². The van der Waals surface area contributed by atoms with Crippen molar-refractivity contribution in [1.29, 1.82) is 0 Å². The maximum absolute atomic E-state index is 13.7. The molecule has 0 N–H and O–H groups in total. The molecule has 1 aliphatic rings. The van der Waals surface area contributed by atoms with E-state index in [1.165, 1.54) is 4.88 Å². The minimum Gasteiger partial charge on any atom is -0.496 e. The molecule has 0 atom stereocenters. The monoisotopic (exact) mass is 521 g/mol. The third kappa shape index (κ3) is 4.67. The Morgan fingerprint density at radius 1 is 1.06 bits per heavy atom. The van der Waals surface area contributed by atoms with Gasteiger partial charge in [0, 0.05) is 53.0 Å². The lowest BCUT2D eigenvalue weighted by atomic mass is 10.0. The zero-order valence-electron chi connectivity index (χ0n) is 18.3. The van der Waals surface area contributed by atoms with Gasteiger partial charge in [-0.3, -0.25) is 9.69 Å². The Bertz CT molecular complexity index is 1280. The van der Waals surface area contributed by atoms with Crippen LogP contribution in [-0.2, 0) is 6.54 Å². The zero-order valence-corrected chi connectivity index (χ0v) is 20.7. The number of fused-ring (bicyclic) bond motifs is 1. The third-order valence-corrected chi connectivity index (χ3v) is 7.36. The summed E-state index contributed by atoms with van der Waals surface area (Å²) < 4.78 is 6.48. The number of halogens is 1. The number of benzene rings is 2. The molecule has 5 nitrogen and oxygen atoms in total. The van der Waals surface area contributed by atoms with Gasteiger partial charge in [-0.15, -0.1) is 11.3 Å². The Morgan fingerprint density at radius 2 is 1.88 bits per heavy atom. The molecule has 0 saturated carbocycles. The van der Waals surface area contributed by atoms with E-state index < -0.39 is 0 Å². The Kier molecular flexibility index (Phi) is 6.44. The van der Waals surface area contributed by atoms with Gasteiger partial charge in [0.05, 0.1) is 23.9 Å². The summed E-state index contributed by atoms with van der Waals surface area (Å²) in [5.41, 5.74) is 3.08. The average Bonchev–Trinajstić information content (AvgIpc) is 3.36. The van der Waals surface area contributed by atoms with Crippen molar-refractivity contribution in [2.45, 2.75) is 6.54 Å². The van der Waals surface area contributed by atoms with Crippen LogP contribution >= 0.6 is 27.3 Å². The number of para-hydroxylation sites is 1. The number of piperazine rings is 1. The molecule has 1 amide bonds. The molecule has 0 aliphatic carbocycles. The van der Waals surface area contributed by atoms with E-state index in [2.05, 4.69) is 38.3 Å². The maximum atomic E-state index is 13.7. The minimum atomic E-state index is 0.0485. The number of nitrogens with zero attached hydrogens (tertiary/aromatic N) is 3. The summed E-state index contributed by atoms with van der Waals surface area (Å²) in [6.45, 7) is 4.12. The minimum absolute atomic E-state index is 0.0485. The predicted molar refractivity (Wildman–Crippen MR) is 137 cm³/mol. The number of aromatic nitrogens is 1. The second-order valence-corrected chi connectivity index (χ2v) is 10.0. The van der Waals surface area contributed by atoms with Gasteiger partial charge in [0.1, 0.15) is 5.75 Å². The zero-order chi connectivity index (χ0) is 22.8. The number of hydrogen-bond acceptors (Lipinski definition) is 5. The molecule has 3 heterocycles. The topological polar surface area (TPSA) is 45.7 Å². The lowest BCUT2D eigenvalue weighted by Gasteiger charge is -2.34. The van der Waals surface area contributed by atoms with Crippen molar-refractivity contribution in [3.63, 3.8) is 0 Å². The molecule has 4 aromatic rings. The number of carbonyl (C=O) groups excluding carboxylic acids is 1. The van der Waals surface area contributed by atoms with Crippen molar-refractivity contribution >= 4 is 44.1 Å². The van der Waals surface area contributed by atoms with Crippen LogP contribution in [0.15, 0.2) is 70.5 Å². The Labute approximate surface area is 205 Å². The van der Waals surface area contributed by atoms with E-state index in [0.29, 0.717) is 18.7 Å². The summed E-state index contributed by atoms with van der Waals surface area (Å²) in [7, 11) is 1.65. The second-order valence-electron chi connectivity index (χ2n) is 8.06. The molecule has 5 rings (SSSR count). The highest BCUT2D eigenvalue weighted by atomic mass is 79.9. The van der Waals surface area contributed by atoms with Crippen LogP contribution in [-0.4, -0.2) is 54.0 Å². The standard InChI is InChI=1S/C26H24BrN3O2S/c1-32-25-7-3-2-6-20(25)24-16-22(21-15-18(27)8-9-23(21)28-24)26(31)30-12-10-29(11-13-30)17-19-5-4-14-33-19/h2-9,14-16H,10-13,17H2,1H3. The Morgan fingerprint density at radius 3 is 2.64 bits per heavy atom. The number of pyridine rings is 1. The normalized spacial score (nSPS) is 14.5. The highest BCUT2D eigenvalue weighted by molar-refractivity contribution is 9.10. The summed E-state index contributed by atoms with van der Waals surface area (Å²) in [5.74, 6) is 0.787. The summed E-state index contributed by atoms with van der Waals surface area (Å²) >= 11 is 5.34. The van der Waals surface area contributed by atoms with Crippen LogP contribution in [0.2, 0.25) is 0 Å². The lowest BCUT2D eigenvalue weighted by Crippen LogP contribution is -2.48. The van der Waals surface area contributed by atoms with E-state index in [1.807, 2.05) is 53.4 Å². The Balaban J connectivity index is 1.46. The van der Waals surface area contributed by atoms with E-state index in [9.17, 15) is 4.79 Å². The molecule has 0 unspecified atom stereocenters. The van der Waals surface area contributed by atoms with Crippen LogP contribution in [0.25, 0.3) is 22.2 Å². The van der Waals surface area contributed by atoms with Crippen molar-refractivity contribution in [2.24, 2.45) is 0 Å². The van der Waals surface area contributed by atoms with Crippen molar-refractivity contribution < 1.29 is 9.53 Å². The highest BCUT2D eigenvalue weighted by Crippen LogP contribution is 2.33. The fourth-order valence-electron chi connectivity index (χ4n) is 4.27. The van der Waals surface area contributed by atoms with Crippen LogP contribution in [0.1, 0.15) is 15.2 Å². The van der Waals surface area contributed by atoms with Gasteiger partial charge >= 0.3 is 0 Å². The van der Waals surface area contributed by atoms with E-state index in [0.717, 1.165) is 52.0 Å². The maximum Gasteiger partial charge on any atom is 0.254 e. The van der Waals surface area contributed by atoms with Gasteiger partial charge in [-0.05, 0) is 47.8 Å². The largest absolute Gasteiger partial charge is 0.496 e. The van der Waals surface area contributed by atoms with Crippen molar-refractivity contribution in [1.82, 2.24) is 14.8 Å². The number of thiophene rings is 1. The van der Waals surface area contributed by atoms with Crippen LogP contribution in [0, 0.1) is 0 Å². The fraction of sp³-hybridized carbons (Fsp3) is 0.231. The number of ether oxygens (including phenoxy) is 1. The second kappa shape index (κ2) is 9.63. The van der Waals surface area contributed by atoms with Gasteiger partial charge in [-0.2, -0.15) is 0 Å².